The molecule has 0 radical (unpaired) electrons. The van der Waals surface area contributed by atoms with Crippen LogP contribution in [0, 0.1) is 0 Å². The Kier molecular flexibility index (Phi) is 3.96. The molecule has 1 unspecified atom stereocenters. The second kappa shape index (κ2) is 5.64. The second-order valence-corrected chi connectivity index (χ2v) is 7.88. The molecule has 0 bridgehead atoms. The van der Waals surface area contributed by atoms with Crippen molar-refractivity contribution >= 4 is 21.6 Å². The minimum absolute atomic E-state index is 0.00646. The maximum atomic E-state index is 12.8. The average Bonchev–Trinajstić information content (AvgIpc) is 3.14. The molecule has 7 heteroatoms. The van der Waals surface area contributed by atoms with Gasteiger partial charge in [0.1, 0.15) is 0 Å². The first-order chi connectivity index (χ1) is 10.4. The highest BCUT2D eigenvalue weighted by atomic mass is 32.2. The Morgan fingerprint density at radius 3 is 2.82 bits per heavy atom. The first-order valence-electron chi connectivity index (χ1n) is 7.51. The number of likely N-dealkylation sites (N-methyl/N-ethyl adjacent to an activating group) is 1. The summed E-state index contributed by atoms with van der Waals surface area (Å²) in [6, 6.07) is 5.07. The van der Waals surface area contributed by atoms with Gasteiger partial charge in [0.05, 0.1) is 4.90 Å². The number of carbonyl (C=O) groups is 1. The van der Waals surface area contributed by atoms with E-state index >= 15 is 0 Å². The van der Waals surface area contributed by atoms with Crippen LogP contribution in [-0.4, -0.2) is 51.4 Å². The van der Waals surface area contributed by atoms with Crippen molar-refractivity contribution in [1.82, 2.24) is 9.62 Å². The van der Waals surface area contributed by atoms with Gasteiger partial charge >= 0.3 is 0 Å². The van der Waals surface area contributed by atoms with Gasteiger partial charge in [-0.15, -0.1) is 0 Å². The van der Waals surface area contributed by atoms with Crippen LogP contribution < -0.4 is 10.2 Å². The third-order valence-electron chi connectivity index (χ3n) is 4.55. The molecule has 120 valence electrons. The summed E-state index contributed by atoms with van der Waals surface area (Å²) in [6.45, 7) is 3.69. The summed E-state index contributed by atoms with van der Waals surface area (Å²) < 4.78 is 27.0. The molecule has 2 heterocycles. The fourth-order valence-electron chi connectivity index (χ4n) is 3.18. The number of sulfonamides is 1. The van der Waals surface area contributed by atoms with Gasteiger partial charge in [-0.3, -0.25) is 4.79 Å². The number of hydrogen-bond donors (Lipinski definition) is 1. The number of amides is 1. The van der Waals surface area contributed by atoms with Crippen LogP contribution in [-0.2, 0) is 21.2 Å². The van der Waals surface area contributed by atoms with Crippen LogP contribution in [0.1, 0.15) is 18.9 Å². The number of hydrogen-bond acceptors (Lipinski definition) is 4. The Morgan fingerprint density at radius 2 is 2.18 bits per heavy atom. The molecule has 0 aliphatic carbocycles. The molecule has 22 heavy (non-hydrogen) atoms. The van der Waals surface area contributed by atoms with Crippen LogP contribution in [0.4, 0.5) is 5.69 Å². The monoisotopic (exact) mass is 323 g/mol. The van der Waals surface area contributed by atoms with Gasteiger partial charge in [-0.2, -0.15) is 4.31 Å². The summed E-state index contributed by atoms with van der Waals surface area (Å²) in [5.41, 5.74) is 1.76. The highest BCUT2D eigenvalue weighted by Crippen LogP contribution is 2.31. The summed E-state index contributed by atoms with van der Waals surface area (Å²) in [6.07, 6.45) is 1.53. The van der Waals surface area contributed by atoms with Gasteiger partial charge in [0.2, 0.25) is 15.9 Å². The molecule has 1 aromatic carbocycles. The van der Waals surface area contributed by atoms with Crippen molar-refractivity contribution in [2.75, 3.05) is 31.6 Å². The lowest BCUT2D eigenvalue weighted by Gasteiger charge is -2.23. The van der Waals surface area contributed by atoms with E-state index in [9.17, 15) is 13.2 Å². The molecular formula is C15H21N3O3S. The van der Waals surface area contributed by atoms with E-state index in [4.69, 9.17) is 0 Å². The predicted molar refractivity (Wildman–Crippen MR) is 84.4 cm³/mol. The maximum absolute atomic E-state index is 12.8. The number of anilines is 1. The number of fused-ring (bicyclic) bond motifs is 1. The highest BCUT2D eigenvalue weighted by molar-refractivity contribution is 7.89. The molecule has 0 spiro atoms. The average molecular weight is 323 g/mol. The molecule has 1 N–H and O–H groups in total. The molecule has 2 aliphatic rings. The van der Waals surface area contributed by atoms with Gasteiger partial charge in [-0.1, -0.05) is 0 Å². The van der Waals surface area contributed by atoms with E-state index in [-0.39, 0.29) is 11.9 Å². The van der Waals surface area contributed by atoms with Crippen molar-refractivity contribution in [2.24, 2.45) is 0 Å². The largest absolute Gasteiger partial charge is 0.315 e. The first kappa shape index (κ1) is 15.5. The molecular weight excluding hydrogens is 302 g/mol. The van der Waals surface area contributed by atoms with E-state index < -0.39 is 10.0 Å². The standard InChI is InChI=1S/C15H21N3O3S/c1-11(19)18-8-6-12-9-14(3-4-15(12)18)22(20,21)17(2)13-5-7-16-10-13/h3-4,9,13,16H,5-8,10H2,1-2H3. The van der Waals surface area contributed by atoms with E-state index in [1.54, 1.807) is 30.1 Å². The van der Waals surface area contributed by atoms with Gasteiger partial charge in [0.15, 0.2) is 0 Å². The fourth-order valence-corrected chi connectivity index (χ4v) is 4.61. The van der Waals surface area contributed by atoms with E-state index in [0.29, 0.717) is 24.4 Å². The van der Waals surface area contributed by atoms with Gasteiger partial charge in [0, 0.05) is 38.8 Å². The van der Waals surface area contributed by atoms with E-state index in [2.05, 4.69) is 5.32 Å². The van der Waals surface area contributed by atoms with Crippen LogP contribution in [0.25, 0.3) is 0 Å². The van der Waals surface area contributed by atoms with Crippen molar-refractivity contribution in [3.63, 3.8) is 0 Å². The molecule has 1 saturated heterocycles. The lowest BCUT2D eigenvalue weighted by Crippen LogP contribution is -2.38. The zero-order valence-corrected chi connectivity index (χ0v) is 13.7. The second-order valence-electron chi connectivity index (χ2n) is 5.88. The highest BCUT2D eigenvalue weighted by Gasteiger charge is 2.31. The minimum atomic E-state index is -3.49. The fraction of sp³-hybridized carbons (Fsp3) is 0.533. The zero-order valence-electron chi connectivity index (χ0n) is 12.9. The topological polar surface area (TPSA) is 69.7 Å². The van der Waals surface area contributed by atoms with Crippen molar-refractivity contribution in [3.8, 4) is 0 Å². The molecule has 0 saturated carbocycles. The third-order valence-corrected chi connectivity index (χ3v) is 6.46. The Hall–Kier alpha value is -1.44. The molecule has 6 nitrogen and oxygen atoms in total. The number of benzene rings is 1. The van der Waals surface area contributed by atoms with Crippen molar-refractivity contribution in [1.29, 1.82) is 0 Å². The Morgan fingerprint density at radius 1 is 1.41 bits per heavy atom. The minimum Gasteiger partial charge on any atom is -0.315 e. The molecule has 3 rings (SSSR count). The third kappa shape index (κ3) is 2.53. The summed E-state index contributed by atoms with van der Waals surface area (Å²) in [7, 11) is -1.85. The van der Waals surface area contributed by atoms with Crippen LogP contribution >= 0.6 is 0 Å². The number of carbonyl (C=O) groups excluding carboxylic acids is 1. The summed E-state index contributed by atoms with van der Waals surface area (Å²) in [4.78, 5) is 13.6. The number of nitrogens with one attached hydrogen (secondary N) is 1. The Balaban J connectivity index is 1.91. The van der Waals surface area contributed by atoms with E-state index in [1.165, 1.54) is 11.2 Å². The summed E-state index contributed by atoms with van der Waals surface area (Å²) in [5, 5.41) is 3.19. The van der Waals surface area contributed by atoms with Crippen LogP contribution in [0.2, 0.25) is 0 Å². The van der Waals surface area contributed by atoms with Gasteiger partial charge in [0.25, 0.3) is 0 Å². The smallest absolute Gasteiger partial charge is 0.243 e. The van der Waals surface area contributed by atoms with Crippen LogP contribution in [0.3, 0.4) is 0 Å². The first-order valence-corrected chi connectivity index (χ1v) is 8.95. The SMILES string of the molecule is CC(=O)N1CCc2cc(S(=O)(=O)N(C)C3CCNC3)ccc21. The normalized spacial score (nSPS) is 21.4. The van der Waals surface area contributed by atoms with Crippen LogP contribution in [0.5, 0.6) is 0 Å². The van der Waals surface area contributed by atoms with Gasteiger partial charge in [-0.05, 0) is 43.1 Å². The van der Waals surface area contributed by atoms with E-state index in [0.717, 1.165) is 24.2 Å². The maximum Gasteiger partial charge on any atom is 0.243 e. The molecule has 1 amide bonds. The quantitative estimate of drug-likeness (QED) is 0.883. The lowest BCUT2D eigenvalue weighted by atomic mass is 10.2. The number of rotatable bonds is 3. The summed E-state index contributed by atoms with van der Waals surface area (Å²) in [5.74, 6) is -0.0106. The molecule has 1 fully saturated rings. The zero-order chi connectivity index (χ0) is 15.9. The van der Waals surface area contributed by atoms with Gasteiger partial charge < -0.3 is 10.2 Å². The molecule has 2 aliphatic heterocycles. The molecule has 0 aromatic heterocycles. The molecule has 1 aromatic rings. The summed E-state index contributed by atoms with van der Waals surface area (Å²) >= 11 is 0. The Labute approximate surface area is 131 Å². The van der Waals surface area contributed by atoms with Crippen molar-refractivity contribution in [2.45, 2.75) is 30.7 Å². The van der Waals surface area contributed by atoms with Crippen molar-refractivity contribution in [3.05, 3.63) is 23.8 Å². The van der Waals surface area contributed by atoms with Crippen LogP contribution in [0.15, 0.2) is 23.1 Å². The van der Waals surface area contributed by atoms with Gasteiger partial charge in [-0.25, -0.2) is 8.42 Å². The molecule has 1 atom stereocenters. The predicted octanol–water partition coefficient (Wildman–Crippen LogP) is 0.578. The Bertz CT molecular complexity index is 696. The number of nitrogens with zero attached hydrogens (tertiary/aromatic N) is 2. The lowest BCUT2D eigenvalue weighted by molar-refractivity contribution is -0.116. The van der Waals surface area contributed by atoms with Crippen molar-refractivity contribution < 1.29 is 13.2 Å². The van der Waals surface area contributed by atoms with E-state index in [1.807, 2.05) is 0 Å².